The first-order valence-electron chi connectivity index (χ1n) is 13.4. The number of nitrogens with one attached hydrogen (secondary N) is 2. The van der Waals surface area contributed by atoms with E-state index in [9.17, 15) is 4.79 Å². The van der Waals surface area contributed by atoms with Gasteiger partial charge in [0.05, 0.1) is 30.6 Å². The summed E-state index contributed by atoms with van der Waals surface area (Å²) in [5.74, 6) is 0.454. The highest BCUT2D eigenvalue weighted by Gasteiger charge is 2.42. The standard InChI is InChI=1S/C32H34ClN5O2S/c1-19-16-24(20(2)37(19)22-11-9-10-21(33)17-22)29-28(26-12-7-8-15-34-26)36-31(41)38(29)23-13-14-25(27(18-23)40-6)35-30(39)32(3,4)5/h7-18,28-29H,1-6H3,(H,35,39)(H,36,41). The summed E-state index contributed by atoms with van der Waals surface area (Å²) in [7, 11) is 1.60. The van der Waals surface area contributed by atoms with Crippen LogP contribution in [0, 0.1) is 19.3 Å². The topological polar surface area (TPSA) is 71.4 Å². The van der Waals surface area contributed by atoms with E-state index in [-0.39, 0.29) is 18.0 Å². The predicted molar refractivity (Wildman–Crippen MR) is 169 cm³/mol. The van der Waals surface area contributed by atoms with Crippen molar-refractivity contribution in [1.29, 1.82) is 0 Å². The second kappa shape index (κ2) is 11.2. The molecular weight excluding hydrogens is 554 g/mol. The van der Waals surface area contributed by atoms with Crippen LogP contribution in [-0.4, -0.2) is 27.7 Å². The molecular formula is C32H34ClN5O2S. The average Bonchev–Trinajstić information content (AvgIpc) is 3.43. The van der Waals surface area contributed by atoms with E-state index in [4.69, 9.17) is 28.6 Å². The van der Waals surface area contributed by atoms with Crippen molar-refractivity contribution in [2.75, 3.05) is 17.3 Å². The van der Waals surface area contributed by atoms with Gasteiger partial charge in [0.1, 0.15) is 5.75 Å². The number of methoxy groups -OCH3 is 1. The molecule has 1 aliphatic rings. The van der Waals surface area contributed by atoms with Gasteiger partial charge in [-0.2, -0.15) is 0 Å². The van der Waals surface area contributed by atoms with E-state index in [1.807, 2.05) is 75.4 Å². The Morgan fingerprint density at radius 2 is 1.83 bits per heavy atom. The van der Waals surface area contributed by atoms with Gasteiger partial charge < -0.3 is 24.8 Å². The van der Waals surface area contributed by atoms with E-state index in [0.29, 0.717) is 21.6 Å². The highest BCUT2D eigenvalue weighted by Crippen LogP contribution is 2.45. The Morgan fingerprint density at radius 1 is 1.05 bits per heavy atom. The number of hydrogen-bond acceptors (Lipinski definition) is 4. The van der Waals surface area contributed by atoms with Gasteiger partial charge in [0.2, 0.25) is 5.91 Å². The Hall–Kier alpha value is -3.88. The van der Waals surface area contributed by atoms with Crippen molar-refractivity contribution < 1.29 is 9.53 Å². The Kier molecular flexibility index (Phi) is 7.81. The smallest absolute Gasteiger partial charge is 0.229 e. The van der Waals surface area contributed by atoms with Crippen LogP contribution in [0.3, 0.4) is 0 Å². The number of pyridine rings is 1. The Bertz CT molecular complexity index is 1610. The maximum absolute atomic E-state index is 12.7. The van der Waals surface area contributed by atoms with Gasteiger partial charge in [0.25, 0.3) is 0 Å². The molecule has 1 fully saturated rings. The molecule has 1 aliphatic heterocycles. The van der Waals surface area contributed by atoms with Crippen molar-refractivity contribution in [2.45, 2.75) is 46.7 Å². The van der Waals surface area contributed by atoms with Crippen LogP contribution in [0.25, 0.3) is 5.69 Å². The summed E-state index contributed by atoms with van der Waals surface area (Å²) < 4.78 is 7.94. The predicted octanol–water partition coefficient (Wildman–Crippen LogP) is 7.31. The Morgan fingerprint density at radius 3 is 2.49 bits per heavy atom. The maximum Gasteiger partial charge on any atom is 0.229 e. The average molecular weight is 588 g/mol. The van der Waals surface area contributed by atoms with Crippen LogP contribution in [0.5, 0.6) is 5.75 Å². The molecule has 0 aliphatic carbocycles. The summed E-state index contributed by atoms with van der Waals surface area (Å²) in [5, 5.41) is 7.78. The molecule has 0 saturated carbocycles. The molecule has 2 atom stereocenters. The van der Waals surface area contributed by atoms with Gasteiger partial charge >= 0.3 is 0 Å². The SMILES string of the molecule is COc1cc(N2C(=S)NC(c3ccccn3)C2c2cc(C)n(-c3cccc(Cl)c3)c2C)ccc1NC(=O)C(C)(C)C. The number of halogens is 1. The Labute approximate surface area is 251 Å². The van der Waals surface area contributed by atoms with Crippen LogP contribution in [0.15, 0.2) is 72.9 Å². The molecule has 212 valence electrons. The van der Waals surface area contributed by atoms with Crippen LogP contribution < -0.4 is 20.3 Å². The highest BCUT2D eigenvalue weighted by atomic mass is 35.5. The maximum atomic E-state index is 12.7. The van der Waals surface area contributed by atoms with Gasteiger partial charge in [0, 0.05) is 45.5 Å². The number of nitrogens with zero attached hydrogens (tertiary/aromatic N) is 3. The number of benzene rings is 2. The fourth-order valence-corrected chi connectivity index (χ4v) is 5.82. The molecule has 2 aromatic carbocycles. The molecule has 0 bridgehead atoms. The second-order valence-corrected chi connectivity index (χ2v) is 12.1. The molecule has 9 heteroatoms. The summed E-state index contributed by atoms with van der Waals surface area (Å²) >= 11 is 12.3. The van der Waals surface area contributed by atoms with E-state index in [1.54, 1.807) is 13.3 Å². The van der Waals surface area contributed by atoms with Crippen molar-refractivity contribution in [3.63, 3.8) is 0 Å². The van der Waals surface area contributed by atoms with Gasteiger partial charge in [-0.05, 0) is 80.2 Å². The molecule has 7 nitrogen and oxygen atoms in total. The minimum atomic E-state index is -0.545. The minimum Gasteiger partial charge on any atom is -0.494 e. The van der Waals surface area contributed by atoms with Crippen molar-refractivity contribution >= 4 is 46.2 Å². The third kappa shape index (κ3) is 5.54. The number of aryl methyl sites for hydroxylation is 1. The number of hydrogen-bond donors (Lipinski definition) is 2. The van der Waals surface area contributed by atoms with Crippen molar-refractivity contribution in [3.05, 3.63) is 101 Å². The van der Waals surface area contributed by atoms with E-state index in [2.05, 4.69) is 51.1 Å². The van der Waals surface area contributed by atoms with Crippen LogP contribution in [-0.2, 0) is 4.79 Å². The zero-order valence-electron chi connectivity index (χ0n) is 24.0. The zero-order chi connectivity index (χ0) is 29.5. The fourth-order valence-electron chi connectivity index (χ4n) is 5.29. The van der Waals surface area contributed by atoms with Gasteiger partial charge in [-0.1, -0.05) is 44.5 Å². The molecule has 5 rings (SSSR count). The minimum absolute atomic E-state index is 0.0940. The molecule has 0 radical (unpaired) electrons. The molecule has 4 aromatic rings. The lowest BCUT2D eigenvalue weighted by atomic mass is 9.95. The number of carbonyl (C=O) groups excluding carboxylic acids is 1. The second-order valence-electron chi connectivity index (χ2n) is 11.2. The molecule has 2 unspecified atom stereocenters. The van der Waals surface area contributed by atoms with E-state index < -0.39 is 5.41 Å². The molecule has 3 heterocycles. The van der Waals surface area contributed by atoms with Gasteiger partial charge in [0.15, 0.2) is 5.11 Å². The monoisotopic (exact) mass is 587 g/mol. The Balaban J connectivity index is 1.63. The van der Waals surface area contributed by atoms with Crippen LogP contribution in [0.4, 0.5) is 11.4 Å². The summed E-state index contributed by atoms with van der Waals surface area (Å²) in [6, 6.07) is 21.3. The lowest BCUT2D eigenvalue weighted by Gasteiger charge is -2.29. The number of anilines is 2. The largest absolute Gasteiger partial charge is 0.494 e. The first kappa shape index (κ1) is 28.6. The van der Waals surface area contributed by atoms with Crippen LogP contribution in [0.1, 0.15) is 55.5 Å². The molecule has 1 amide bonds. The molecule has 41 heavy (non-hydrogen) atoms. The summed E-state index contributed by atoms with van der Waals surface area (Å²) in [6.07, 6.45) is 1.80. The fraction of sp³-hybridized carbons (Fsp3) is 0.281. The normalized spacial score (nSPS) is 17.0. The van der Waals surface area contributed by atoms with E-state index in [0.717, 1.165) is 34.0 Å². The summed E-state index contributed by atoms with van der Waals surface area (Å²) in [4.78, 5) is 19.5. The molecule has 0 spiro atoms. The number of thiocarbonyl (C=S) groups is 1. The van der Waals surface area contributed by atoms with Crippen LogP contribution >= 0.6 is 23.8 Å². The summed E-state index contributed by atoms with van der Waals surface area (Å²) in [6.45, 7) is 9.83. The van der Waals surface area contributed by atoms with Gasteiger partial charge in [-0.3, -0.25) is 9.78 Å². The van der Waals surface area contributed by atoms with Crippen molar-refractivity contribution in [3.8, 4) is 11.4 Å². The van der Waals surface area contributed by atoms with E-state index in [1.165, 1.54) is 0 Å². The third-order valence-electron chi connectivity index (χ3n) is 7.35. The lowest BCUT2D eigenvalue weighted by molar-refractivity contribution is -0.123. The number of carbonyl (C=O) groups is 1. The number of amides is 1. The molecule has 1 saturated heterocycles. The van der Waals surface area contributed by atoms with Gasteiger partial charge in [-0.25, -0.2) is 0 Å². The van der Waals surface area contributed by atoms with Gasteiger partial charge in [-0.15, -0.1) is 0 Å². The quantitative estimate of drug-likeness (QED) is 0.230. The van der Waals surface area contributed by atoms with Crippen LogP contribution in [0.2, 0.25) is 5.02 Å². The zero-order valence-corrected chi connectivity index (χ0v) is 25.6. The molecule has 2 aromatic heterocycles. The third-order valence-corrected chi connectivity index (χ3v) is 7.90. The first-order chi connectivity index (χ1) is 19.5. The lowest BCUT2D eigenvalue weighted by Crippen LogP contribution is -2.30. The van der Waals surface area contributed by atoms with Crippen molar-refractivity contribution in [1.82, 2.24) is 14.9 Å². The molecule has 2 N–H and O–H groups in total. The van der Waals surface area contributed by atoms with E-state index >= 15 is 0 Å². The number of rotatable bonds is 6. The first-order valence-corrected chi connectivity index (χ1v) is 14.2. The van der Waals surface area contributed by atoms with Crippen molar-refractivity contribution in [2.24, 2.45) is 5.41 Å². The number of ether oxygens (including phenoxy) is 1. The number of aromatic nitrogens is 2. The summed E-state index contributed by atoms with van der Waals surface area (Å²) in [5.41, 5.74) is 6.04. The highest BCUT2D eigenvalue weighted by molar-refractivity contribution is 7.80.